The van der Waals surface area contributed by atoms with Gasteiger partial charge in [0.2, 0.25) is 11.8 Å². The molecule has 1 aliphatic heterocycles. The molecule has 2 amide bonds. The molecule has 2 heterocycles. The highest BCUT2D eigenvalue weighted by Gasteiger charge is 2.19. The van der Waals surface area contributed by atoms with E-state index in [1.54, 1.807) is 0 Å². The van der Waals surface area contributed by atoms with Crippen molar-refractivity contribution in [1.29, 1.82) is 0 Å². The van der Waals surface area contributed by atoms with Crippen molar-refractivity contribution in [1.82, 2.24) is 20.0 Å². The molecule has 0 unspecified atom stereocenters. The minimum atomic E-state index is 0.0245. The van der Waals surface area contributed by atoms with Gasteiger partial charge in [-0.1, -0.05) is 0 Å². The van der Waals surface area contributed by atoms with E-state index in [0.29, 0.717) is 25.9 Å². The normalized spacial score (nSPS) is 14.7. The summed E-state index contributed by atoms with van der Waals surface area (Å²) in [6.07, 6.45) is 2.86. The van der Waals surface area contributed by atoms with Crippen LogP contribution in [0.25, 0.3) is 0 Å². The number of nitrogens with zero attached hydrogens (tertiary/aromatic N) is 3. The lowest BCUT2D eigenvalue weighted by atomic mass is 10.3. The molecule has 7 heteroatoms. The Balaban J connectivity index is 1.63. The van der Waals surface area contributed by atoms with Gasteiger partial charge in [0.1, 0.15) is 0 Å². The summed E-state index contributed by atoms with van der Waals surface area (Å²) < 4.78 is 2.85. The standard InChI is InChI=1S/C15H23BrN4O2/c1-11-15(16)12(2)20(18-11)10-6-13(21)17-7-4-9-19-8-3-5-14(19)22/h3-10H2,1-2H3,(H,17,21). The maximum absolute atomic E-state index is 11.8. The first-order valence-electron chi connectivity index (χ1n) is 7.73. The number of likely N-dealkylation sites (tertiary alicyclic amines) is 1. The molecule has 6 nitrogen and oxygen atoms in total. The highest BCUT2D eigenvalue weighted by molar-refractivity contribution is 9.10. The third-order valence-electron chi connectivity index (χ3n) is 3.94. The maximum Gasteiger partial charge on any atom is 0.222 e. The van der Waals surface area contributed by atoms with E-state index >= 15 is 0 Å². The molecule has 2 rings (SSSR count). The van der Waals surface area contributed by atoms with Crippen molar-refractivity contribution in [2.24, 2.45) is 0 Å². The van der Waals surface area contributed by atoms with E-state index in [0.717, 1.165) is 41.8 Å². The average Bonchev–Trinajstić information content (AvgIpc) is 3.00. The first-order chi connectivity index (χ1) is 10.5. The quantitative estimate of drug-likeness (QED) is 0.743. The summed E-state index contributed by atoms with van der Waals surface area (Å²) >= 11 is 3.48. The molecule has 1 aromatic rings. The highest BCUT2D eigenvalue weighted by Crippen LogP contribution is 2.19. The molecule has 22 heavy (non-hydrogen) atoms. The van der Waals surface area contributed by atoms with Gasteiger partial charge in [-0.25, -0.2) is 0 Å². The summed E-state index contributed by atoms with van der Waals surface area (Å²) in [5, 5.41) is 7.29. The van der Waals surface area contributed by atoms with E-state index in [9.17, 15) is 9.59 Å². The van der Waals surface area contributed by atoms with Gasteiger partial charge < -0.3 is 10.2 Å². The van der Waals surface area contributed by atoms with Crippen molar-refractivity contribution in [3.63, 3.8) is 0 Å². The highest BCUT2D eigenvalue weighted by atomic mass is 79.9. The van der Waals surface area contributed by atoms with Gasteiger partial charge in [-0.2, -0.15) is 5.10 Å². The smallest absolute Gasteiger partial charge is 0.222 e. The summed E-state index contributed by atoms with van der Waals surface area (Å²) in [5.74, 6) is 0.262. The second-order valence-corrected chi connectivity index (χ2v) is 6.44. The Hall–Kier alpha value is -1.37. The number of aryl methyl sites for hydroxylation is 2. The van der Waals surface area contributed by atoms with Crippen molar-refractivity contribution in [3.8, 4) is 0 Å². The number of amides is 2. The third kappa shape index (κ3) is 4.32. The fourth-order valence-electron chi connectivity index (χ4n) is 2.63. The van der Waals surface area contributed by atoms with Gasteiger partial charge in [0.15, 0.2) is 0 Å². The van der Waals surface area contributed by atoms with Gasteiger partial charge >= 0.3 is 0 Å². The van der Waals surface area contributed by atoms with E-state index in [2.05, 4.69) is 26.3 Å². The van der Waals surface area contributed by atoms with Crippen LogP contribution in [0.1, 0.15) is 37.1 Å². The molecule has 1 fully saturated rings. The third-order valence-corrected chi connectivity index (χ3v) is 5.09. The number of rotatable bonds is 7. The molecule has 1 aliphatic rings. The van der Waals surface area contributed by atoms with Crippen LogP contribution in [0.15, 0.2) is 4.47 Å². The van der Waals surface area contributed by atoms with Crippen molar-refractivity contribution in [2.45, 2.75) is 46.1 Å². The Morgan fingerprint density at radius 1 is 1.36 bits per heavy atom. The average molecular weight is 371 g/mol. The first-order valence-corrected chi connectivity index (χ1v) is 8.52. The van der Waals surface area contributed by atoms with Gasteiger partial charge in [-0.3, -0.25) is 14.3 Å². The minimum Gasteiger partial charge on any atom is -0.356 e. The fourth-order valence-corrected chi connectivity index (χ4v) is 2.91. The van der Waals surface area contributed by atoms with Crippen LogP contribution < -0.4 is 5.32 Å². The topological polar surface area (TPSA) is 67.2 Å². The Morgan fingerprint density at radius 2 is 2.14 bits per heavy atom. The van der Waals surface area contributed by atoms with Crippen LogP contribution in [0, 0.1) is 13.8 Å². The molecular formula is C15H23BrN4O2. The number of carbonyl (C=O) groups excluding carboxylic acids is 2. The maximum atomic E-state index is 11.8. The summed E-state index contributed by atoms with van der Waals surface area (Å²) in [7, 11) is 0. The van der Waals surface area contributed by atoms with Crippen LogP contribution in [0.5, 0.6) is 0 Å². The molecular weight excluding hydrogens is 348 g/mol. The first kappa shape index (κ1) is 17.0. The van der Waals surface area contributed by atoms with Gasteiger partial charge in [0, 0.05) is 38.2 Å². The van der Waals surface area contributed by atoms with Gasteiger partial charge in [-0.05, 0) is 42.6 Å². The molecule has 0 saturated carbocycles. The number of hydrogen-bond acceptors (Lipinski definition) is 3. The number of nitrogens with one attached hydrogen (secondary N) is 1. The zero-order chi connectivity index (χ0) is 16.1. The molecule has 0 radical (unpaired) electrons. The number of hydrogen-bond donors (Lipinski definition) is 1. The lowest BCUT2D eigenvalue weighted by molar-refractivity contribution is -0.127. The Labute approximate surface area is 139 Å². The fraction of sp³-hybridized carbons (Fsp3) is 0.667. The molecule has 0 aliphatic carbocycles. The summed E-state index contributed by atoms with van der Waals surface area (Å²) in [4.78, 5) is 25.2. The molecule has 0 aromatic carbocycles. The van der Waals surface area contributed by atoms with E-state index in [1.165, 1.54) is 0 Å². The zero-order valence-corrected chi connectivity index (χ0v) is 14.8. The molecule has 1 N–H and O–H groups in total. The van der Waals surface area contributed by atoms with Gasteiger partial charge in [-0.15, -0.1) is 0 Å². The molecule has 1 aromatic heterocycles. The molecule has 0 atom stereocenters. The number of carbonyl (C=O) groups is 2. The predicted molar refractivity (Wildman–Crippen MR) is 87.5 cm³/mol. The van der Waals surface area contributed by atoms with E-state index in [4.69, 9.17) is 0 Å². The van der Waals surface area contributed by atoms with E-state index < -0.39 is 0 Å². The molecule has 1 saturated heterocycles. The Morgan fingerprint density at radius 3 is 2.73 bits per heavy atom. The molecule has 0 spiro atoms. The number of aromatic nitrogens is 2. The van der Waals surface area contributed by atoms with Crippen LogP contribution in [-0.4, -0.2) is 46.1 Å². The van der Waals surface area contributed by atoms with Crippen LogP contribution in [0.3, 0.4) is 0 Å². The van der Waals surface area contributed by atoms with Crippen LogP contribution >= 0.6 is 15.9 Å². The van der Waals surface area contributed by atoms with Crippen LogP contribution in [-0.2, 0) is 16.1 Å². The van der Waals surface area contributed by atoms with Crippen molar-refractivity contribution in [3.05, 3.63) is 15.9 Å². The lowest BCUT2D eigenvalue weighted by Gasteiger charge is -2.15. The van der Waals surface area contributed by atoms with Crippen LogP contribution in [0.2, 0.25) is 0 Å². The predicted octanol–water partition coefficient (Wildman–Crippen LogP) is 1.78. The lowest BCUT2D eigenvalue weighted by Crippen LogP contribution is -2.31. The largest absolute Gasteiger partial charge is 0.356 e. The van der Waals surface area contributed by atoms with Crippen molar-refractivity contribution < 1.29 is 9.59 Å². The SMILES string of the molecule is Cc1nn(CCC(=O)NCCCN2CCCC2=O)c(C)c1Br. The molecule has 0 bridgehead atoms. The number of halogens is 1. The van der Waals surface area contributed by atoms with Crippen molar-refractivity contribution in [2.75, 3.05) is 19.6 Å². The van der Waals surface area contributed by atoms with Gasteiger partial charge in [0.05, 0.1) is 16.7 Å². The van der Waals surface area contributed by atoms with Crippen molar-refractivity contribution >= 4 is 27.7 Å². The van der Waals surface area contributed by atoms with Gasteiger partial charge in [0.25, 0.3) is 0 Å². The minimum absolute atomic E-state index is 0.0245. The summed E-state index contributed by atoms with van der Waals surface area (Å²) in [6, 6.07) is 0. The Kier molecular flexibility index (Phi) is 5.99. The van der Waals surface area contributed by atoms with Crippen LogP contribution in [0.4, 0.5) is 0 Å². The second-order valence-electron chi connectivity index (χ2n) is 5.65. The second kappa shape index (κ2) is 7.76. The summed E-state index contributed by atoms with van der Waals surface area (Å²) in [6.45, 7) is 6.71. The summed E-state index contributed by atoms with van der Waals surface area (Å²) in [5.41, 5.74) is 1.98. The van der Waals surface area contributed by atoms with E-state index in [1.807, 2.05) is 23.4 Å². The Bertz CT molecular complexity index is 556. The zero-order valence-electron chi connectivity index (χ0n) is 13.2. The van der Waals surface area contributed by atoms with E-state index in [-0.39, 0.29) is 11.8 Å². The molecule has 122 valence electrons. The monoisotopic (exact) mass is 370 g/mol.